The van der Waals surface area contributed by atoms with Gasteiger partial charge in [0, 0.05) is 37.2 Å². The van der Waals surface area contributed by atoms with Crippen molar-refractivity contribution in [1.82, 2.24) is 25.8 Å². The van der Waals surface area contributed by atoms with Gasteiger partial charge in [-0.1, -0.05) is 37.5 Å². The van der Waals surface area contributed by atoms with Crippen LogP contribution in [-0.2, 0) is 14.4 Å². The summed E-state index contributed by atoms with van der Waals surface area (Å²) >= 11 is 0. The first kappa shape index (κ1) is 26.6. The van der Waals surface area contributed by atoms with Crippen LogP contribution in [0, 0.1) is 11.8 Å². The molecule has 0 spiro atoms. The van der Waals surface area contributed by atoms with E-state index in [1.165, 1.54) is 12.8 Å². The first-order valence-corrected chi connectivity index (χ1v) is 15.0. The smallest absolute Gasteiger partial charge is 0.246 e. The summed E-state index contributed by atoms with van der Waals surface area (Å²) in [5, 5.41) is 9.39. The van der Waals surface area contributed by atoms with Crippen LogP contribution < -0.4 is 20.7 Å². The van der Waals surface area contributed by atoms with Crippen LogP contribution in [0.5, 0.6) is 5.75 Å². The molecule has 2 saturated carbocycles. The first-order chi connectivity index (χ1) is 18.9. The Morgan fingerprint density at radius 3 is 2.62 bits per heavy atom. The number of hydrogen-bond acceptors (Lipinski definition) is 6. The summed E-state index contributed by atoms with van der Waals surface area (Å²) in [5.41, 5.74) is 0.987. The lowest BCUT2D eigenvalue weighted by Gasteiger charge is -2.46. The predicted octanol–water partition coefficient (Wildman–Crippen LogP) is 1.97. The molecule has 0 bridgehead atoms. The second kappa shape index (κ2) is 11.1. The third-order valence-corrected chi connectivity index (χ3v) is 9.89. The number of hydrogen-bond donors (Lipinski definition) is 3. The van der Waals surface area contributed by atoms with Gasteiger partial charge in [-0.3, -0.25) is 19.3 Å². The maximum atomic E-state index is 14.4. The SMILES string of the molecule is CN[C@@H](C)C(=O)N[C@H](C(=O)N1C[C@H]2C[C@H]3C[C@H]3N2C[C@H]1C(=O)N[C@@H]1CCOc2ccccc21)C1CCCCC1. The maximum absolute atomic E-state index is 14.4. The zero-order valence-corrected chi connectivity index (χ0v) is 23.2. The van der Waals surface area contributed by atoms with Crippen LogP contribution in [0.2, 0.25) is 0 Å². The highest BCUT2D eigenvalue weighted by Crippen LogP contribution is 2.49. The summed E-state index contributed by atoms with van der Waals surface area (Å²) in [5.74, 6) is 1.24. The lowest BCUT2D eigenvalue weighted by atomic mass is 9.82. The van der Waals surface area contributed by atoms with E-state index in [1.54, 1.807) is 7.05 Å². The Balaban J connectivity index is 1.25. The number of para-hydroxylation sites is 1. The van der Waals surface area contributed by atoms with Crippen molar-refractivity contribution in [2.75, 3.05) is 26.7 Å². The second-order valence-electron chi connectivity index (χ2n) is 12.3. The molecule has 3 N–H and O–H groups in total. The summed E-state index contributed by atoms with van der Waals surface area (Å²) in [4.78, 5) is 45.7. The highest BCUT2D eigenvalue weighted by atomic mass is 16.5. The fourth-order valence-electron chi connectivity index (χ4n) is 7.43. The minimum absolute atomic E-state index is 0.0914. The van der Waals surface area contributed by atoms with Crippen molar-refractivity contribution >= 4 is 17.7 Å². The average Bonchev–Trinajstić information content (AvgIpc) is 3.65. The lowest BCUT2D eigenvalue weighted by molar-refractivity contribution is -0.150. The molecular weight excluding hydrogens is 494 g/mol. The van der Waals surface area contributed by atoms with E-state index in [4.69, 9.17) is 4.74 Å². The van der Waals surface area contributed by atoms with E-state index in [1.807, 2.05) is 36.1 Å². The Morgan fingerprint density at radius 1 is 1.03 bits per heavy atom. The molecule has 6 rings (SSSR count). The predicted molar refractivity (Wildman–Crippen MR) is 147 cm³/mol. The number of carbonyl (C=O) groups is 3. The number of likely N-dealkylation sites (N-methyl/N-ethyl adjacent to an activating group) is 1. The Morgan fingerprint density at radius 2 is 1.82 bits per heavy atom. The fraction of sp³-hybridized carbons (Fsp3) is 0.700. The number of amides is 3. The summed E-state index contributed by atoms with van der Waals surface area (Å²) in [6.07, 6.45) is 8.14. The third-order valence-electron chi connectivity index (χ3n) is 9.89. The number of carbonyl (C=O) groups excluding carboxylic acids is 3. The summed E-state index contributed by atoms with van der Waals surface area (Å²) in [6.45, 7) is 3.47. The van der Waals surface area contributed by atoms with Crippen LogP contribution in [0.1, 0.15) is 69.9 Å². The van der Waals surface area contributed by atoms with Gasteiger partial charge in [0.25, 0.3) is 0 Å². The van der Waals surface area contributed by atoms with E-state index in [-0.39, 0.29) is 29.7 Å². The van der Waals surface area contributed by atoms with Crippen molar-refractivity contribution in [2.45, 2.75) is 94.5 Å². The van der Waals surface area contributed by atoms with Crippen LogP contribution in [0.4, 0.5) is 0 Å². The topological polar surface area (TPSA) is 103 Å². The molecule has 0 aromatic heterocycles. The number of ether oxygens (including phenoxy) is 1. The molecule has 0 radical (unpaired) electrons. The molecule has 0 unspecified atom stereocenters. The molecule has 3 amide bonds. The second-order valence-corrected chi connectivity index (χ2v) is 12.3. The van der Waals surface area contributed by atoms with Gasteiger partial charge in [-0.05, 0) is 57.6 Å². The Labute approximate surface area is 231 Å². The number of nitrogens with zero attached hydrogens (tertiary/aromatic N) is 2. The number of rotatable bonds is 7. The fourth-order valence-corrected chi connectivity index (χ4v) is 7.43. The van der Waals surface area contributed by atoms with Gasteiger partial charge in [-0.15, -0.1) is 0 Å². The van der Waals surface area contributed by atoms with Gasteiger partial charge in [0.1, 0.15) is 17.8 Å². The molecule has 9 heteroatoms. The Hall–Kier alpha value is -2.65. The monoisotopic (exact) mass is 537 g/mol. The molecule has 2 saturated heterocycles. The van der Waals surface area contributed by atoms with Crippen molar-refractivity contribution < 1.29 is 19.1 Å². The molecule has 3 aliphatic heterocycles. The van der Waals surface area contributed by atoms with E-state index >= 15 is 0 Å². The normalized spacial score (nSPS) is 31.6. The van der Waals surface area contributed by atoms with Gasteiger partial charge in [-0.25, -0.2) is 0 Å². The Kier molecular flexibility index (Phi) is 7.55. The highest BCUT2D eigenvalue weighted by Gasteiger charge is 2.56. The standard InChI is InChI=1S/C30H43N5O4/c1-18(31-2)28(36)33-27(19-8-4-3-5-9-19)30(38)35-16-21-14-20-15-24(20)34(21)17-25(35)29(37)32-23-12-13-39-26-11-7-6-10-22(23)26/h6-7,10-11,18-21,23-25,27,31H,3-5,8-9,12-17H2,1-2H3,(H,32,37)(H,33,36)/t18-,20-,21+,23+,24+,25-,27-/m0/s1. The summed E-state index contributed by atoms with van der Waals surface area (Å²) in [6, 6.07) is 6.99. The minimum Gasteiger partial charge on any atom is -0.493 e. The molecular formula is C30H43N5O4. The van der Waals surface area contributed by atoms with Crippen molar-refractivity contribution in [3.05, 3.63) is 29.8 Å². The number of piperazine rings is 1. The molecule has 39 heavy (non-hydrogen) atoms. The molecule has 7 atom stereocenters. The maximum Gasteiger partial charge on any atom is 0.246 e. The largest absolute Gasteiger partial charge is 0.493 e. The average molecular weight is 538 g/mol. The van der Waals surface area contributed by atoms with E-state index < -0.39 is 18.1 Å². The van der Waals surface area contributed by atoms with E-state index in [2.05, 4.69) is 20.9 Å². The van der Waals surface area contributed by atoms with Gasteiger partial charge in [0.2, 0.25) is 17.7 Å². The van der Waals surface area contributed by atoms with E-state index in [0.717, 1.165) is 43.4 Å². The number of piperidine rings is 1. The van der Waals surface area contributed by atoms with Crippen LogP contribution in [0.15, 0.2) is 24.3 Å². The van der Waals surface area contributed by atoms with Gasteiger partial charge in [0.05, 0.1) is 18.7 Å². The quantitative estimate of drug-likeness (QED) is 0.492. The van der Waals surface area contributed by atoms with Gasteiger partial charge in [-0.2, -0.15) is 0 Å². The molecule has 4 fully saturated rings. The van der Waals surface area contributed by atoms with Gasteiger partial charge >= 0.3 is 0 Å². The summed E-state index contributed by atoms with van der Waals surface area (Å²) < 4.78 is 5.81. The van der Waals surface area contributed by atoms with Crippen molar-refractivity contribution in [2.24, 2.45) is 11.8 Å². The molecule has 5 aliphatic rings. The molecule has 212 valence electrons. The molecule has 2 aliphatic carbocycles. The number of fused-ring (bicyclic) bond motifs is 4. The number of benzene rings is 1. The van der Waals surface area contributed by atoms with Crippen LogP contribution in [0.25, 0.3) is 0 Å². The number of nitrogens with one attached hydrogen (secondary N) is 3. The molecule has 1 aromatic carbocycles. The van der Waals surface area contributed by atoms with Gasteiger partial charge < -0.3 is 25.6 Å². The summed E-state index contributed by atoms with van der Waals surface area (Å²) in [7, 11) is 1.75. The first-order valence-electron chi connectivity index (χ1n) is 15.0. The van der Waals surface area contributed by atoms with Crippen LogP contribution in [0.3, 0.4) is 0 Å². The molecule has 9 nitrogen and oxygen atoms in total. The lowest BCUT2D eigenvalue weighted by Crippen LogP contribution is -2.67. The highest BCUT2D eigenvalue weighted by molar-refractivity contribution is 5.93. The van der Waals surface area contributed by atoms with Crippen LogP contribution in [-0.4, -0.2) is 84.5 Å². The minimum atomic E-state index is -0.602. The van der Waals surface area contributed by atoms with Gasteiger partial charge in [0.15, 0.2) is 0 Å². The van der Waals surface area contributed by atoms with E-state index in [9.17, 15) is 14.4 Å². The zero-order valence-electron chi connectivity index (χ0n) is 23.2. The van der Waals surface area contributed by atoms with Crippen molar-refractivity contribution in [1.29, 1.82) is 0 Å². The van der Waals surface area contributed by atoms with E-state index in [0.29, 0.717) is 44.1 Å². The third kappa shape index (κ3) is 5.27. The van der Waals surface area contributed by atoms with Crippen LogP contribution >= 0.6 is 0 Å². The van der Waals surface area contributed by atoms with Crippen molar-refractivity contribution in [3.63, 3.8) is 0 Å². The van der Waals surface area contributed by atoms with Crippen molar-refractivity contribution in [3.8, 4) is 5.75 Å². The molecule has 1 aromatic rings. The Bertz CT molecular complexity index is 1090. The molecule has 3 heterocycles. The zero-order chi connectivity index (χ0) is 27.1.